The number of H-pyrrole nitrogens is 2. The molecule has 0 saturated carbocycles. The standard InChI is InChI=1S/C26H25ClN6/c1-15-19(4-3-11-28)13-29-14-22(15)18-7-10-23-21(12-18)25(33-32-23)26-30-16(2)24(31-26)17-5-8-20(27)9-6-17/h5-10,12-14H,3-4,11,28H2,1-2H3,(H,30,31)(H,32,33). The third-order valence-corrected chi connectivity index (χ3v) is 6.32. The molecule has 0 fully saturated rings. The van der Waals surface area contributed by atoms with E-state index < -0.39 is 0 Å². The summed E-state index contributed by atoms with van der Waals surface area (Å²) in [6.45, 7) is 4.84. The summed E-state index contributed by atoms with van der Waals surface area (Å²) in [5.41, 5.74) is 15.0. The molecule has 4 N–H and O–H groups in total. The van der Waals surface area contributed by atoms with E-state index >= 15 is 0 Å². The lowest BCUT2D eigenvalue weighted by atomic mass is 9.96. The minimum atomic E-state index is 0.675. The number of fused-ring (bicyclic) bond motifs is 1. The molecule has 0 atom stereocenters. The van der Waals surface area contributed by atoms with Gasteiger partial charge in [0.1, 0.15) is 5.69 Å². The summed E-state index contributed by atoms with van der Waals surface area (Å²) in [4.78, 5) is 12.8. The van der Waals surface area contributed by atoms with Crippen LogP contribution in [0.4, 0.5) is 0 Å². The lowest BCUT2D eigenvalue weighted by Gasteiger charge is -2.11. The van der Waals surface area contributed by atoms with E-state index in [0.717, 1.165) is 63.3 Å². The third-order valence-electron chi connectivity index (χ3n) is 6.07. The molecule has 0 bridgehead atoms. The molecule has 0 unspecified atom stereocenters. The number of rotatable bonds is 6. The Morgan fingerprint density at radius 2 is 1.76 bits per heavy atom. The van der Waals surface area contributed by atoms with Crippen LogP contribution in [0.2, 0.25) is 5.02 Å². The summed E-state index contributed by atoms with van der Waals surface area (Å²) in [6, 6.07) is 14.0. The first-order valence-corrected chi connectivity index (χ1v) is 11.4. The van der Waals surface area contributed by atoms with Gasteiger partial charge < -0.3 is 10.7 Å². The quantitative estimate of drug-likeness (QED) is 0.299. The normalized spacial score (nSPS) is 11.4. The fraction of sp³-hybridized carbons (Fsp3) is 0.192. The minimum absolute atomic E-state index is 0.675. The molecule has 0 saturated heterocycles. The van der Waals surface area contributed by atoms with Gasteiger partial charge in [-0.15, -0.1) is 0 Å². The first-order valence-electron chi connectivity index (χ1n) is 11.0. The molecule has 0 aliphatic heterocycles. The predicted molar refractivity (Wildman–Crippen MR) is 134 cm³/mol. The lowest BCUT2D eigenvalue weighted by molar-refractivity contribution is 0.824. The first-order chi connectivity index (χ1) is 16.0. The molecule has 0 spiro atoms. The zero-order valence-corrected chi connectivity index (χ0v) is 19.4. The van der Waals surface area contributed by atoms with E-state index in [2.05, 4.69) is 45.3 Å². The molecule has 7 heteroatoms. The van der Waals surface area contributed by atoms with Gasteiger partial charge in [-0.2, -0.15) is 5.10 Å². The van der Waals surface area contributed by atoms with Crippen molar-refractivity contribution in [3.05, 3.63) is 76.7 Å². The monoisotopic (exact) mass is 456 g/mol. The maximum absolute atomic E-state index is 6.05. The highest BCUT2D eigenvalue weighted by atomic mass is 35.5. The van der Waals surface area contributed by atoms with Crippen molar-refractivity contribution in [2.24, 2.45) is 5.73 Å². The van der Waals surface area contributed by atoms with Crippen molar-refractivity contribution in [2.45, 2.75) is 26.7 Å². The summed E-state index contributed by atoms with van der Waals surface area (Å²) >= 11 is 6.05. The third kappa shape index (κ3) is 4.03. The maximum Gasteiger partial charge on any atom is 0.159 e. The second-order valence-corrected chi connectivity index (χ2v) is 8.70. The molecule has 6 nitrogen and oxygen atoms in total. The fourth-order valence-electron chi connectivity index (χ4n) is 4.23. The highest BCUT2D eigenvalue weighted by molar-refractivity contribution is 6.30. The highest BCUT2D eigenvalue weighted by Gasteiger charge is 2.17. The SMILES string of the molecule is Cc1[nH]c(-c2n[nH]c3ccc(-c4cncc(CCCN)c4C)cc23)nc1-c1ccc(Cl)cc1. The number of imidazole rings is 1. The second-order valence-electron chi connectivity index (χ2n) is 8.26. The highest BCUT2D eigenvalue weighted by Crippen LogP contribution is 2.33. The summed E-state index contributed by atoms with van der Waals surface area (Å²) in [5, 5.41) is 9.43. The van der Waals surface area contributed by atoms with E-state index in [4.69, 9.17) is 22.3 Å². The van der Waals surface area contributed by atoms with E-state index in [0.29, 0.717) is 11.6 Å². The molecular formula is C26H25ClN6. The van der Waals surface area contributed by atoms with Crippen LogP contribution in [-0.4, -0.2) is 31.7 Å². The van der Waals surface area contributed by atoms with Crippen LogP contribution in [0.25, 0.3) is 44.8 Å². The van der Waals surface area contributed by atoms with E-state index in [1.165, 1.54) is 11.1 Å². The Hall–Kier alpha value is -3.48. The zero-order chi connectivity index (χ0) is 22.9. The van der Waals surface area contributed by atoms with Crippen molar-refractivity contribution in [1.82, 2.24) is 25.1 Å². The van der Waals surface area contributed by atoms with Gasteiger partial charge in [-0.3, -0.25) is 10.1 Å². The van der Waals surface area contributed by atoms with Crippen LogP contribution in [0.3, 0.4) is 0 Å². The number of nitrogens with zero attached hydrogens (tertiary/aromatic N) is 3. The minimum Gasteiger partial charge on any atom is -0.340 e. The number of benzene rings is 2. The molecule has 0 amide bonds. The largest absolute Gasteiger partial charge is 0.340 e. The Balaban J connectivity index is 1.57. The Morgan fingerprint density at radius 3 is 2.55 bits per heavy atom. The van der Waals surface area contributed by atoms with Crippen LogP contribution < -0.4 is 5.73 Å². The Bertz CT molecular complexity index is 1430. The molecule has 5 aromatic rings. The molecule has 166 valence electrons. The number of hydrogen-bond donors (Lipinski definition) is 3. The average Bonchev–Trinajstić information content (AvgIpc) is 3.42. The van der Waals surface area contributed by atoms with Crippen LogP contribution in [0.15, 0.2) is 54.9 Å². The van der Waals surface area contributed by atoms with Gasteiger partial charge in [-0.05, 0) is 74.2 Å². The summed E-state index contributed by atoms with van der Waals surface area (Å²) in [7, 11) is 0. The number of aryl methyl sites for hydroxylation is 2. The van der Waals surface area contributed by atoms with Crippen LogP contribution in [0.5, 0.6) is 0 Å². The molecule has 0 aliphatic rings. The first kappa shape index (κ1) is 21.4. The van der Waals surface area contributed by atoms with Gasteiger partial charge in [0.15, 0.2) is 5.82 Å². The van der Waals surface area contributed by atoms with Gasteiger partial charge in [-0.1, -0.05) is 29.8 Å². The van der Waals surface area contributed by atoms with Crippen LogP contribution >= 0.6 is 11.6 Å². The number of aromatic nitrogens is 5. The maximum atomic E-state index is 6.05. The topological polar surface area (TPSA) is 96.3 Å². The number of halogens is 1. The van der Waals surface area contributed by atoms with Crippen LogP contribution in [-0.2, 0) is 6.42 Å². The molecule has 0 aliphatic carbocycles. The summed E-state index contributed by atoms with van der Waals surface area (Å²) < 4.78 is 0. The smallest absolute Gasteiger partial charge is 0.159 e. The molecule has 3 heterocycles. The van der Waals surface area contributed by atoms with Crippen molar-refractivity contribution in [2.75, 3.05) is 6.54 Å². The molecule has 0 radical (unpaired) electrons. The van der Waals surface area contributed by atoms with E-state index in [9.17, 15) is 0 Å². The van der Waals surface area contributed by atoms with Crippen molar-refractivity contribution < 1.29 is 0 Å². The fourth-order valence-corrected chi connectivity index (χ4v) is 4.35. The summed E-state index contributed by atoms with van der Waals surface area (Å²) in [5.74, 6) is 0.729. The predicted octanol–water partition coefficient (Wildman–Crippen LogP) is 5.84. The van der Waals surface area contributed by atoms with E-state index in [1.54, 1.807) is 0 Å². The van der Waals surface area contributed by atoms with Gasteiger partial charge >= 0.3 is 0 Å². The van der Waals surface area contributed by atoms with Crippen LogP contribution in [0, 0.1) is 13.8 Å². The zero-order valence-electron chi connectivity index (χ0n) is 18.6. The van der Waals surface area contributed by atoms with Crippen molar-refractivity contribution in [3.8, 4) is 33.9 Å². The molecule has 2 aromatic carbocycles. The van der Waals surface area contributed by atoms with Crippen molar-refractivity contribution >= 4 is 22.5 Å². The van der Waals surface area contributed by atoms with Gasteiger partial charge in [0.25, 0.3) is 0 Å². The van der Waals surface area contributed by atoms with E-state index in [-0.39, 0.29) is 0 Å². The number of aromatic amines is 2. The van der Waals surface area contributed by atoms with Gasteiger partial charge in [0, 0.05) is 39.6 Å². The van der Waals surface area contributed by atoms with Gasteiger partial charge in [0.2, 0.25) is 0 Å². The Labute approximate surface area is 197 Å². The Morgan fingerprint density at radius 1 is 0.970 bits per heavy atom. The molecule has 33 heavy (non-hydrogen) atoms. The molecular weight excluding hydrogens is 432 g/mol. The number of nitrogens with one attached hydrogen (secondary N) is 2. The number of hydrogen-bond acceptors (Lipinski definition) is 4. The summed E-state index contributed by atoms with van der Waals surface area (Å²) in [6.07, 6.45) is 5.75. The van der Waals surface area contributed by atoms with Crippen molar-refractivity contribution in [3.63, 3.8) is 0 Å². The van der Waals surface area contributed by atoms with E-state index in [1.807, 2.05) is 43.6 Å². The van der Waals surface area contributed by atoms with Crippen molar-refractivity contribution in [1.29, 1.82) is 0 Å². The average molecular weight is 457 g/mol. The lowest BCUT2D eigenvalue weighted by Crippen LogP contribution is -2.02. The molecule has 5 rings (SSSR count). The Kier molecular flexibility index (Phi) is 5.70. The number of nitrogens with two attached hydrogens (primary N) is 1. The second kappa shape index (κ2) is 8.81. The van der Waals surface area contributed by atoms with Gasteiger partial charge in [-0.25, -0.2) is 4.98 Å². The molecule has 3 aromatic heterocycles. The van der Waals surface area contributed by atoms with Gasteiger partial charge in [0.05, 0.1) is 11.2 Å². The van der Waals surface area contributed by atoms with Crippen LogP contribution in [0.1, 0.15) is 23.2 Å². The number of pyridine rings is 1.